The summed E-state index contributed by atoms with van der Waals surface area (Å²) in [6.07, 6.45) is 0.949. The van der Waals surface area contributed by atoms with E-state index in [4.69, 9.17) is 9.47 Å². The number of carbonyl (C=O) groups is 3. The van der Waals surface area contributed by atoms with Crippen LogP contribution in [0.1, 0.15) is 15.9 Å². The highest BCUT2D eigenvalue weighted by Gasteiger charge is 2.60. The molecule has 2 heterocycles. The third-order valence-electron chi connectivity index (χ3n) is 3.30. The molecule has 0 radical (unpaired) electrons. The molecular weight excluding hydrogens is 572 g/mol. The zero-order valence-corrected chi connectivity index (χ0v) is 17.4. The van der Waals surface area contributed by atoms with Gasteiger partial charge in [-0.3, -0.25) is 0 Å². The summed E-state index contributed by atoms with van der Waals surface area (Å²) < 4.78 is 17.1. The van der Waals surface area contributed by atoms with Crippen LogP contribution in [0.3, 0.4) is 0 Å². The second-order valence-electron chi connectivity index (χ2n) is 4.48. The number of esters is 3. The second-order valence-corrected chi connectivity index (χ2v) is 7.65. The molecule has 1 unspecified atom stereocenters. The number of hydrogen-bond donors (Lipinski definition) is 0. The number of ether oxygens (including phenoxy) is 3. The molecule has 0 bridgehead atoms. The third kappa shape index (κ3) is 2.25. The number of fused-ring (bicyclic) bond motifs is 2. The van der Waals surface area contributed by atoms with E-state index in [2.05, 4.69) is 68.5 Å². The van der Waals surface area contributed by atoms with Crippen molar-refractivity contribution in [2.45, 2.75) is 5.79 Å². The fourth-order valence-corrected chi connectivity index (χ4v) is 4.91. The molecule has 0 aromatic heterocycles. The van der Waals surface area contributed by atoms with Crippen molar-refractivity contribution in [3.8, 4) is 0 Å². The van der Waals surface area contributed by atoms with E-state index >= 15 is 0 Å². The molecule has 120 valence electrons. The number of rotatable bonds is 1. The van der Waals surface area contributed by atoms with E-state index in [0.29, 0.717) is 17.9 Å². The number of methoxy groups -OCH3 is 1. The van der Waals surface area contributed by atoms with Crippen LogP contribution in [-0.4, -0.2) is 25.0 Å². The highest BCUT2D eigenvalue weighted by molar-refractivity contribution is 9.15. The lowest BCUT2D eigenvalue weighted by Gasteiger charge is -2.25. The topological polar surface area (TPSA) is 78.9 Å². The van der Waals surface area contributed by atoms with Gasteiger partial charge < -0.3 is 14.2 Å². The first-order valence-corrected chi connectivity index (χ1v) is 9.05. The highest BCUT2D eigenvalue weighted by Crippen LogP contribution is 2.54. The average molecular weight is 576 g/mol. The molecule has 1 spiro atoms. The Labute approximate surface area is 163 Å². The van der Waals surface area contributed by atoms with Gasteiger partial charge in [0.15, 0.2) is 0 Å². The summed E-state index contributed by atoms with van der Waals surface area (Å²) in [6, 6.07) is 0. The molecule has 3 rings (SSSR count). The maximum atomic E-state index is 12.3. The Bertz CT molecular complexity index is 830. The van der Waals surface area contributed by atoms with Crippen molar-refractivity contribution >= 4 is 81.6 Å². The van der Waals surface area contributed by atoms with Gasteiger partial charge in [-0.25, -0.2) is 14.4 Å². The highest BCUT2D eigenvalue weighted by atomic mass is 79.9. The van der Waals surface area contributed by atoms with E-state index in [-0.39, 0.29) is 16.7 Å². The van der Waals surface area contributed by atoms with Crippen molar-refractivity contribution in [2.24, 2.45) is 0 Å². The van der Waals surface area contributed by atoms with Crippen LogP contribution < -0.4 is 0 Å². The normalized spacial score (nSPS) is 21.9. The molecule has 1 aromatic carbocycles. The predicted molar refractivity (Wildman–Crippen MR) is 90.5 cm³/mol. The van der Waals surface area contributed by atoms with Gasteiger partial charge in [-0.05, 0) is 63.7 Å². The summed E-state index contributed by atoms with van der Waals surface area (Å²) in [5, 5.41) is 0. The lowest BCUT2D eigenvalue weighted by Crippen LogP contribution is -2.33. The molecule has 0 N–H and O–H groups in total. The molecule has 2 aliphatic heterocycles. The molecule has 6 nitrogen and oxygen atoms in total. The van der Waals surface area contributed by atoms with Crippen LogP contribution in [-0.2, 0) is 29.6 Å². The standard InChI is InChI=1S/C13H4Br4O6/c1-21-11(19)3-2-4(18)22-13(3)6-5(12(20)23-13)7(14)9(16)10(17)8(6)15/h2H,1H3. The smallest absolute Gasteiger partial charge is 0.343 e. The molecule has 1 atom stereocenters. The van der Waals surface area contributed by atoms with Crippen LogP contribution in [0.5, 0.6) is 0 Å². The molecule has 0 aliphatic carbocycles. The molecule has 0 amide bonds. The monoisotopic (exact) mass is 572 g/mol. The summed E-state index contributed by atoms with van der Waals surface area (Å²) in [6.45, 7) is 0. The lowest BCUT2D eigenvalue weighted by molar-refractivity contribution is -0.184. The zero-order valence-electron chi connectivity index (χ0n) is 11.0. The van der Waals surface area contributed by atoms with Crippen molar-refractivity contribution in [1.82, 2.24) is 0 Å². The van der Waals surface area contributed by atoms with Crippen LogP contribution in [0.15, 0.2) is 29.5 Å². The van der Waals surface area contributed by atoms with Crippen LogP contribution in [0.25, 0.3) is 0 Å². The number of carbonyl (C=O) groups excluding carboxylic acids is 3. The summed E-state index contributed by atoms with van der Waals surface area (Å²) in [5.41, 5.74) is 0.127. The van der Waals surface area contributed by atoms with E-state index in [1.165, 1.54) is 0 Å². The van der Waals surface area contributed by atoms with E-state index in [1.54, 1.807) is 0 Å². The Morgan fingerprint density at radius 2 is 1.65 bits per heavy atom. The molecule has 2 aliphatic rings. The van der Waals surface area contributed by atoms with Gasteiger partial charge in [-0.15, -0.1) is 0 Å². The summed E-state index contributed by atoms with van der Waals surface area (Å²) in [4.78, 5) is 36.1. The Kier molecular flexibility index (Phi) is 4.23. The van der Waals surface area contributed by atoms with Crippen molar-refractivity contribution in [2.75, 3.05) is 7.11 Å². The minimum absolute atomic E-state index is 0.136. The predicted octanol–water partition coefficient (Wildman–Crippen LogP) is 3.72. The van der Waals surface area contributed by atoms with Gasteiger partial charge in [0.05, 0.1) is 18.2 Å². The Hall–Kier alpha value is -0.710. The lowest BCUT2D eigenvalue weighted by atomic mass is 9.96. The Morgan fingerprint density at radius 3 is 2.26 bits per heavy atom. The zero-order chi connectivity index (χ0) is 17.1. The van der Waals surface area contributed by atoms with Gasteiger partial charge in [-0.2, -0.15) is 0 Å². The SMILES string of the molecule is COC(=O)C1=CC(=O)OC12OC(=O)c1c(Br)c(Br)c(Br)c(Br)c12. The van der Waals surface area contributed by atoms with Gasteiger partial charge in [0.2, 0.25) is 0 Å². The van der Waals surface area contributed by atoms with Crippen molar-refractivity contribution < 1.29 is 28.6 Å². The first-order chi connectivity index (χ1) is 10.7. The van der Waals surface area contributed by atoms with E-state index < -0.39 is 23.7 Å². The first-order valence-electron chi connectivity index (χ1n) is 5.87. The summed E-state index contributed by atoms with van der Waals surface area (Å²) in [5.74, 6) is -4.36. The van der Waals surface area contributed by atoms with E-state index in [1.807, 2.05) is 0 Å². The number of hydrogen-bond acceptors (Lipinski definition) is 6. The number of benzene rings is 1. The Morgan fingerprint density at radius 1 is 1.04 bits per heavy atom. The van der Waals surface area contributed by atoms with Crippen LogP contribution in [0, 0.1) is 0 Å². The van der Waals surface area contributed by atoms with Crippen molar-refractivity contribution in [3.05, 3.63) is 40.7 Å². The van der Waals surface area contributed by atoms with Crippen LogP contribution in [0.2, 0.25) is 0 Å². The minimum atomic E-state index is -1.97. The molecule has 10 heteroatoms. The van der Waals surface area contributed by atoms with E-state index in [0.717, 1.165) is 13.2 Å². The van der Waals surface area contributed by atoms with E-state index in [9.17, 15) is 14.4 Å². The fraction of sp³-hybridized carbons (Fsp3) is 0.154. The average Bonchev–Trinajstić information content (AvgIpc) is 2.99. The van der Waals surface area contributed by atoms with Gasteiger partial charge in [0.25, 0.3) is 0 Å². The molecule has 0 saturated carbocycles. The number of halogens is 4. The molecule has 0 saturated heterocycles. The minimum Gasteiger partial charge on any atom is -0.465 e. The van der Waals surface area contributed by atoms with Gasteiger partial charge in [0.1, 0.15) is 5.57 Å². The molecular formula is C13H4Br4O6. The van der Waals surface area contributed by atoms with Crippen molar-refractivity contribution in [3.63, 3.8) is 0 Å². The first kappa shape index (κ1) is 17.1. The third-order valence-corrected chi connectivity index (χ3v) is 8.07. The van der Waals surface area contributed by atoms with Crippen LogP contribution >= 0.6 is 63.7 Å². The second kappa shape index (κ2) is 5.68. The van der Waals surface area contributed by atoms with Crippen LogP contribution in [0.4, 0.5) is 0 Å². The van der Waals surface area contributed by atoms with Gasteiger partial charge in [-0.1, -0.05) is 0 Å². The van der Waals surface area contributed by atoms with Gasteiger partial charge >= 0.3 is 23.7 Å². The molecule has 23 heavy (non-hydrogen) atoms. The largest absolute Gasteiger partial charge is 0.465 e. The maximum absolute atomic E-state index is 12.3. The molecule has 1 aromatic rings. The fourth-order valence-electron chi connectivity index (χ4n) is 2.37. The molecule has 0 fully saturated rings. The van der Waals surface area contributed by atoms with Gasteiger partial charge in [0, 0.05) is 24.0 Å². The van der Waals surface area contributed by atoms with Crippen molar-refractivity contribution in [1.29, 1.82) is 0 Å². The summed E-state index contributed by atoms with van der Waals surface area (Å²) >= 11 is 13.3. The summed E-state index contributed by atoms with van der Waals surface area (Å²) in [7, 11) is 1.15. The quantitative estimate of drug-likeness (QED) is 0.289. The Balaban J connectivity index is 2.37. The maximum Gasteiger partial charge on any atom is 0.343 e.